The van der Waals surface area contributed by atoms with E-state index < -0.39 is 5.97 Å². The molecular formula is C15H25NO4. The average Bonchev–Trinajstić information content (AvgIpc) is 2.48. The summed E-state index contributed by atoms with van der Waals surface area (Å²) in [6, 6.07) is 0. The van der Waals surface area contributed by atoms with Crippen LogP contribution >= 0.6 is 0 Å². The van der Waals surface area contributed by atoms with E-state index in [0.717, 1.165) is 51.9 Å². The molecule has 0 radical (unpaired) electrons. The van der Waals surface area contributed by atoms with Gasteiger partial charge in [0, 0.05) is 32.7 Å². The van der Waals surface area contributed by atoms with Gasteiger partial charge in [0.05, 0.1) is 5.92 Å². The number of piperidine rings is 1. The van der Waals surface area contributed by atoms with Gasteiger partial charge in [-0.25, -0.2) is 0 Å². The molecule has 1 atom stereocenters. The molecule has 2 heterocycles. The number of carbonyl (C=O) groups excluding carboxylic acids is 1. The minimum atomic E-state index is -0.773. The number of rotatable bonds is 5. The van der Waals surface area contributed by atoms with Crippen molar-refractivity contribution in [3.8, 4) is 0 Å². The molecule has 5 heteroatoms. The Kier molecular flexibility index (Phi) is 5.83. The zero-order chi connectivity index (χ0) is 14.4. The fourth-order valence-corrected chi connectivity index (χ4v) is 3.14. The second-order valence-electron chi connectivity index (χ2n) is 5.97. The van der Waals surface area contributed by atoms with Crippen molar-refractivity contribution in [1.82, 2.24) is 4.90 Å². The molecule has 0 bridgehead atoms. The van der Waals surface area contributed by atoms with Gasteiger partial charge in [-0.2, -0.15) is 0 Å². The van der Waals surface area contributed by atoms with Gasteiger partial charge in [0.15, 0.2) is 0 Å². The lowest BCUT2D eigenvalue weighted by molar-refractivity contribution is -0.145. The van der Waals surface area contributed by atoms with E-state index in [-0.39, 0.29) is 11.8 Å². The SMILES string of the molecule is O=C(O)C1CCCN(C(=O)CCCC2CCOCC2)C1. The lowest BCUT2D eigenvalue weighted by Gasteiger charge is -2.31. The van der Waals surface area contributed by atoms with Crippen molar-refractivity contribution in [2.75, 3.05) is 26.3 Å². The first kappa shape index (κ1) is 15.3. The number of ether oxygens (including phenoxy) is 1. The molecule has 20 heavy (non-hydrogen) atoms. The topological polar surface area (TPSA) is 66.8 Å². The van der Waals surface area contributed by atoms with Crippen LogP contribution in [0, 0.1) is 11.8 Å². The van der Waals surface area contributed by atoms with Crippen LogP contribution in [-0.2, 0) is 14.3 Å². The third kappa shape index (κ3) is 4.47. The Morgan fingerprint density at radius 1 is 1.20 bits per heavy atom. The summed E-state index contributed by atoms with van der Waals surface area (Å²) in [6.45, 7) is 2.82. The van der Waals surface area contributed by atoms with E-state index in [1.54, 1.807) is 4.90 Å². The first-order valence-corrected chi connectivity index (χ1v) is 7.75. The number of carboxylic acids is 1. The molecule has 2 aliphatic rings. The summed E-state index contributed by atoms with van der Waals surface area (Å²) in [5.41, 5.74) is 0. The van der Waals surface area contributed by atoms with Crippen LogP contribution < -0.4 is 0 Å². The van der Waals surface area contributed by atoms with E-state index in [1.807, 2.05) is 0 Å². The van der Waals surface area contributed by atoms with Gasteiger partial charge in [0.25, 0.3) is 0 Å². The zero-order valence-corrected chi connectivity index (χ0v) is 12.1. The zero-order valence-electron chi connectivity index (χ0n) is 12.1. The van der Waals surface area contributed by atoms with Crippen LogP contribution in [0.5, 0.6) is 0 Å². The molecule has 2 rings (SSSR count). The number of aliphatic carboxylic acids is 1. The normalized spacial score (nSPS) is 24.6. The van der Waals surface area contributed by atoms with E-state index in [9.17, 15) is 9.59 Å². The minimum absolute atomic E-state index is 0.128. The standard InChI is InChI=1S/C15H25NO4/c17-14(5-1-3-12-6-9-20-10-7-12)16-8-2-4-13(11-16)15(18)19/h12-13H,1-11H2,(H,18,19). The summed E-state index contributed by atoms with van der Waals surface area (Å²) in [7, 11) is 0. The molecule has 114 valence electrons. The van der Waals surface area contributed by atoms with E-state index in [4.69, 9.17) is 9.84 Å². The molecule has 1 unspecified atom stereocenters. The number of carboxylic acid groups (broad SMARTS) is 1. The number of carbonyl (C=O) groups is 2. The molecule has 0 aromatic carbocycles. The maximum Gasteiger partial charge on any atom is 0.308 e. The fourth-order valence-electron chi connectivity index (χ4n) is 3.14. The predicted molar refractivity (Wildman–Crippen MR) is 74.3 cm³/mol. The Bertz CT molecular complexity index is 339. The highest BCUT2D eigenvalue weighted by atomic mass is 16.5. The third-order valence-electron chi connectivity index (χ3n) is 4.47. The summed E-state index contributed by atoms with van der Waals surface area (Å²) in [6.07, 6.45) is 6.29. The first-order chi connectivity index (χ1) is 9.66. The summed E-state index contributed by atoms with van der Waals surface area (Å²) in [5.74, 6) is -0.319. The number of hydrogen-bond donors (Lipinski definition) is 1. The maximum atomic E-state index is 12.1. The van der Waals surface area contributed by atoms with Crippen molar-refractivity contribution in [3.63, 3.8) is 0 Å². The van der Waals surface area contributed by atoms with Gasteiger partial charge in [-0.3, -0.25) is 9.59 Å². The number of amides is 1. The van der Waals surface area contributed by atoms with Crippen molar-refractivity contribution in [3.05, 3.63) is 0 Å². The van der Waals surface area contributed by atoms with Gasteiger partial charge in [0.1, 0.15) is 0 Å². The minimum Gasteiger partial charge on any atom is -0.481 e. The molecule has 0 aliphatic carbocycles. The average molecular weight is 283 g/mol. The van der Waals surface area contributed by atoms with Gasteiger partial charge >= 0.3 is 5.97 Å². The molecule has 5 nitrogen and oxygen atoms in total. The summed E-state index contributed by atoms with van der Waals surface area (Å²) in [4.78, 5) is 24.9. The van der Waals surface area contributed by atoms with Crippen molar-refractivity contribution in [2.24, 2.45) is 11.8 Å². The molecule has 2 aliphatic heterocycles. The second kappa shape index (κ2) is 7.62. The number of likely N-dealkylation sites (tertiary alicyclic amines) is 1. The van der Waals surface area contributed by atoms with Gasteiger partial charge < -0.3 is 14.7 Å². The molecule has 0 saturated carbocycles. The van der Waals surface area contributed by atoms with E-state index in [2.05, 4.69) is 0 Å². The molecule has 2 fully saturated rings. The highest BCUT2D eigenvalue weighted by molar-refractivity contribution is 5.78. The van der Waals surface area contributed by atoms with Crippen LogP contribution in [-0.4, -0.2) is 48.2 Å². The number of nitrogens with zero attached hydrogens (tertiary/aromatic N) is 1. The molecule has 0 spiro atoms. The molecule has 1 amide bonds. The van der Waals surface area contributed by atoms with Crippen LogP contribution in [0.2, 0.25) is 0 Å². The van der Waals surface area contributed by atoms with Crippen molar-refractivity contribution in [1.29, 1.82) is 0 Å². The lowest BCUT2D eigenvalue weighted by atomic mass is 9.93. The first-order valence-electron chi connectivity index (χ1n) is 7.75. The highest BCUT2D eigenvalue weighted by Crippen LogP contribution is 2.22. The largest absolute Gasteiger partial charge is 0.481 e. The van der Waals surface area contributed by atoms with Gasteiger partial charge in [-0.15, -0.1) is 0 Å². The van der Waals surface area contributed by atoms with Gasteiger partial charge in [0.2, 0.25) is 5.91 Å². The van der Waals surface area contributed by atoms with Gasteiger partial charge in [-0.1, -0.05) is 0 Å². The quantitative estimate of drug-likeness (QED) is 0.837. The van der Waals surface area contributed by atoms with Crippen LogP contribution in [0.1, 0.15) is 44.9 Å². The Hall–Kier alpha value is -1.10. The van der Waals surface area contributed by atoms with Crippen LogP contribution in [0.25, 0.3) is 0 Å². The number of hydrogen-bond acceptors (Lipinski definition) is 3. The van der Waals surface area contributed by atoms with Crippen molar-refractivity contribution in [2.45, 2.75) is 44.9 Å². The molecule has 0 aromatic rings. The van der Waals surface area contributed by atoms with Crippen molar-refractivity contribution >= 4 is 11.9 Å². The Morgan fingerprint density at radius 2 is 1.95 bits per heavy atom. The Labute approximate surface area is 120 Å². The third-order valence-corrected chi connectivity index (χ3v) is 4.47. The summed E-state index contributed by atoms with van der Waals surface area (Å²) < 4.78 is 5.33. The van der Waals surface area contributed by atoms with E-state index >= 15 is 0 Å². The maximum absolute atomic E-state index is 12.1. The van der Waals surface area contributed by atoms with Crippen molar-refractivity contribution < 1.29 is 19.4 Å². The van der Waals surface area contributed by atoms with Crippen LogP contribution in [0.3, 0.4) is 0 Å². The fraction of sp³-hybridized carbons (Fsp3) is 0.867. The van der Waals surface area contributed by atoms with Gasteiger partial charge in [-0.05, 0) is 44.4 Å². The summed E-state index contributed by atoms with van der Waals surface area (Å²) >= 11 is 0. The smallest absolute Gasteiger partial charge is 0.308 e. The molecule has 0 aromatic heterocycles. The second-order valence-corrected chi connectivity index (χ2v) is 5.97. The Morgan fingerprint density at radius 3 is 2.65 bits per heavy atom. The molecular weight excluding hydrogens is 258 g/mol. The lowest BCUT2D eigenvalue weighted by Crippen LogP contribution is -2.42. The predicted octanol–water partition coefficient (Wildman–Crippen LogP) is 1.91. The molecule has 1 N–H and O–H groups in total. The van der Waals surface area contributed by atoms with Crippen LogP contribution in [0.15, 0.2) is 0 Å². The summed E-state index contributed by atoms with van der Waals surface area (Å²) in [5, 5.41) is 9.03. The van der Waals surface area contributed by atoms with E-state index in [0.29, 0.717) is 25.3 Å². The highest BCUT2D eigenvalue weighted by Gasteiger charge is 2.27. The van der Waals surface area contributed by atoms with E-state index in [1.165, 1.54) is 0 Å². The molecule has 2 saturated heterocycles. The van der Waals surface area contributed by atoms with Crippen LogP contribution in [0.4, 0.5) is 0 Å². The Balaban J connectivity index is 1.67. The monoisotopic (exact) mass is 283 g/mol.